The Labute approximate surface area is 64.7 Å². The fourth-order valence-electron chi connectivity index (χ4n) is 1.04. The van der Waals surface area contributed by atoms with Crippen LogP contribution in [-0.4, -0.2) is 47.3 Å². The number of hydrogen-bond donors (Lipinski definition) is 3. The molecule has 1 aliphatic heterocycles. The van der Waals surface area contributed by atoms with E-state index >= 15 is 0 Å². The Balaban J connectivity index is 2.60. The molecule has 0 spiro atoms. The van der Waals surface area contributed by atoms with E-state index in [1.807, 2.05) is 0 Å². The van der Waals surface area contributed by atoms with Gasteiger partial charge in [0.25, 0.3) is 0 Å². The average molecular weight is 160 g/mol. The molecule has 3 N–H and O–H groups in total. The molecule has 4 nitrogen and oxygen atoms in total. The van der Waals surface area contributed by atoms with Gasteiger partial charge in [-0.2, -0.15) is 0 Å². The van der Waals surface area contributed by atoms with E-state index in [9.17, 15) is 5.11 Å². The van der Waals surface area contributed by atoms with Crippen LogP contribution in [0.1, 0.15) is 0 Å². The standard InChI is InChI=1S/C7H12O4/c8-3-5-1-2-11-6(4-9)7(5)10/h1,6-10H,2-4H2/t6-,7+/m1/s1. The molecule has 1 heterocycles. The third kappa shape index (κ3) is 1.78. The van der Waals surface area contributed by atoms with Crippen molar-refractivity contribution in [1.82, 2.24) is 0 Å². The molecule has 0 amide bonds. The highest BCUT2D eigenvalue weighted by molar-refractivity contribution is 5.13. The van der Waals surface area contributed by atoms with Crippen molar-refractivity contribution in [1.29, 1.82) is 0 Å². The second kappa shape index (κ2) is 3.82. The van der Waals surface area contributed by atoms with E-state index in [1.54, 1.807) is 6.08 Å². The highest BCUT2D eigenvalue weighted by atomic mass is 16.5. The summed E-state index contributed by atoms with van der Waals surface area (Å²) >= 11 is 0. The van der Waals surface area contributed by atoms with Crippen molar-refractivity contribution in [2.24, 2.45) is 0 Å². The molecule has 0 radical (unpaired) electrons. The van der Waals surface area contributed by atoms with Gasteiger partial charge in [0, 0.05) is 0 Å². The van der Waals surface area contributed by atoms with Gasteiger partial charge in [-0.3, -0.25) is 0 Å². The Morgan fingerprint density at radius 2 is 2.27 bits per heavy atom. The van der Waals surface area contributed by atoms with Crippen LogP contribution in [-0.2, 0) is 4.74 Å². The lowest BCUT2D eigenvalue weighted by Gasteiger charge is -2.26. The fraction of sp³-hybridized carbons (Fsp3) is 0.714. The van der Waals surface area contributed by atoms with Crippen LogP contribution in [0.25, 0.3) is 0 Å². The van der Waals surface area contributed by atoms with Gasteiger partial charge in [0.15, 0.2) is 0 Å². The van der Waals surface area contributed by atoms with Gasteiger partial charge in [0.05, 0.1) is 19.8 Å². The van der Waals surface area contributed by atoms with Crippen LogP contribution in [0.4, 0.5) is 0 Å². The van der Waals surface area contributed by atoms with E-state index in [2.05, 4.69) is 0 Å². The van der Waals surface area contributed by atoms with Crippen molar-refractivity contribution >= 4 is 0 Å². The smallest absolute Gasteiger partial charge is 0.111 e. The summed E-state index contributed by atoms with van der Waals surface area (Å²) in [4.78, 5) is 0. The summed E-state index contributed by atoms with van der Waals surface area (Å²) in [6.07, 6.45) is 0.178. The van der Waals surface area contributed by atoms with Crippen LogP contribution in [0.15, 0.2) is 11.6 Å². The Hall–Kier alpha value is -0.420. The monoisotopic (exact) mass is 160 g/mol. The molecule has 0 aliphatic carbocycles. The minimum Gasteiger partial charge on any atom is -0.394 e. The molecule has 0 aromatic carbocycles. The highest BCUT2D eigenvalue weighted by Gasteiger charge is 2.25. The van der Waals surface area contributed by atoms with Crippen LogP contribution >= 0.6 is 0 Å². The second-order valence-corrected chi connectivity index (χ2v) is 2.44. The molecule has 0 fully saturated rings. The Bertz CT molecular complexity index is 155. The molecule has 64 valence electrons. The van der Waals surface area contributed by atoms with Gasteiger partial charge in [-0.05, 0) is 5.57 Å². The molecule has 0 saturated carbocycles. The average Bonchev–Trinajstić information content (AvgIpc) is 2.05. The lowest BCUT2D eigenvalue weighted by atomic mass is 10.0. The molecule has 2 atom stereocenters. The van der Waals surface area contributed by atoms with E-state index in [1.165, 1.54) is 0 Å². The second-order valence-electron chi connectivity index (χ2n) is 2.44. The normalized spacial score (nSPS) is 31.7. The predicted molar refractivity (Wildman–Crippen MR) is 38.0 cm³/mol. The maximum Gasteiger partial charge on any atom is 0.111 e. The molecular formula is C7H12O4. The summed E-state index contributed by atoms with van der Waals surface area (Å²) in [5.41, 5.74) is 0.523. The summed E-state index contributed by atoms with van der Waals surface area (Å²) < 4.78 is 4.98. The van der Waals surface area contributed by atoms with Crippen LogP contribution < -0.4 is 0 Å². The van der Waals surface area contributed by atoms with Crippen molar-refractivity contribution in [3.05, 3.63) is 11.6 Å². The Morgan fingerprint density at radius 3 is 2.82 bits per heavy atom. The molecule has 0 aromatic rings. The van der Waals surface area contributed by atoms with Crippen molar-refractivity contribution in [2.75, 3.05) is 19.8 Å². The number of rotatable bonds is 2. The lowest BCUT2D eigenvalue weighted by molar-refractivity contribution is -0.0530. The van der Waals surface area contributed by atoms with Crippen LogP contribution in [0.5, 0.6) is 0 Å². The zero-order valence-electron chi connectivity index (χ0n) is 6.10. The zero-order valence-corrected chi connectivity index (χ0v) is 6.10. The summed E-state index contributed by atoms with van der Waals surface area (Å²) in [7, 11) is 0. The molecule has 4 heteroatoms. The molecular weight excluding hydrogens is 148 g/mol. The SMILES string of the molecule is OCC1=CCO[C@H](CO)[C@H]1O. The summed E-state index contributed by atoms with van der Waals surface area (Å²) in [6.45, 7) is -0.0578. The topological polar surface area (TPSA) is 69.9 Å². The summed E-state index contributed by atoms with van der Waals surface area (Å²) in [5, 5.41) is 26.7. The molecule has 0 bridgehead atoms. The molecule has 11 heavy (non-hydrogen) atoms. The van der Waals surface area contributed by atoms with E-state index in [0.717, 1.165) is 0 Å². The maximum atomic E-state index is 9.32. The van der Waals surface area contributed by atoms with Crippen molar-refractivity contribution in [3.63, 3.8) is 0 Å². The highest BCUT2D eigenvalue weighted by Crippen LogP contribution is 2.14. The lowest BCUT2D eigenvalue weighted by Crippen LogP contribution is -2.38. The first-order valence-corrected chi connectivity index (χ1v) is 3.50. The summed E-state index contributed by atoms with van der Waals surface area (Å²) in [5.74, 6) is 0. The molecule has 1 aliphatic rings. The van der Waals surface area contributed by atoms with Gasteiger partial charge in [-0.1, -0.05) is 6.08 Å². The Morgan fingerprint density at radius 1 is 1.55 bits per heavy atom. The fourth-order valence-corrected chi connectivity index (χ4v) is 1.04. The molecule has 0 unspecified atom stereocenters. The van der Waals surface area contributed by atoms with Crippen LogP contribution in [0, 0.1) is 0 Å². The quantitative estimate of drug-likeness (QED) is 0.437. The minimum atomic E-state index is -0.862. The van der Waals surface area contributed by atoms with E-state index < -0.39 is 12.2 Å². The van der Waals surface area contributed by atoms with Gasteiger partial charge in [-0.25, -0.2) is 0 Å². The first-order chi connectivity index (χ1) is 5.29. The number of hydrogen-bond acceptors (Lipinski definition) is 4. The first-order valence-electron chi connectivity index (χ1n) is 3.50. The Kier molecular flexibility index (Phi) is 3.02. The molecule has 0 aromatic heterocycles. The number of ether oxygens (including phenoxy) is 1. The largest absolute Gasteiger partial charge is 0.394 e. The van der Waals surface area contributed by atoms with E-state index in [0.29, 0.717) is 12.2 Å². The van der Waals surface area contributed by atoms with Crippen LogP contribution in [0.3, 0.4) is 0 Å². The van der Waals surface area contributed by atoms with Gasteiger partial charge in [0.1, 0.15) is 12.2 Å². The first kappa shape index (κ1) is 8.67. The maximum absolute atomic E-state index is 9.32. The predicted octanol–water partition coefficient (Wildman–Crippen LogP) is -1.34. The summed E-state index contributed by atoms with van der Waals surface area (Å²) in [6, 6.07) is 0. The van der Waals surface area contributed by atoms with Crippen molar-refractivity contribution in [2.45, 2.75) is 12.2 Å². The van der Waals surface area contributed by atoms with Gasteiger partial charge in [0.2, 0.25) is 0 Å². The van der Waals surface area contributed by atoms with E-state index in [4.69, 9.17) is 14.9 Å². The minimum absolute atomic E-state index is 0.180. The van der Waals surface area contributed by atoms with Crippen molar-refractivity contribution in [3.8, 4) is 0 Å². The zero-order chi connectivity index (χ0) is 8.27. The van der Waals surface area contributed by atoms with Gasteiger partial charge < -0.3 is 20.1 Å². The molecule has 0 saturated heterocycles. The molecule has 1 rings (SSSR count). The third-order valence-corrected chi connectivity index (χ3v) is 1.75. The van der Waals surface area contributed by atoms with E-state index in [-0.39, 0.29) is 13.2 Å². The number of aliphatic hydroxyl groups excluding tert-OH is 3. The van der Waals surface area contributed by atoms with Gasteiger partial charge >= 0.3 is 0 Å². The van der Waals surface area contributed by atoms with Crippen molar-refractivity contribution < 1.29 is 20.1 Å². The third-order valence-electron chi connectivity index (χ3n) is 1.75. The number of aliphatic hydroxyl groups is 3. The van der Waals surface area contributed by atoms with Crippen LogP contribution in [0.2, 0.25) is 0 Å². The van der Waals surface area contributed by atoms with Gasteiger partial charge in [-0.15, -0.1) is 0 Å².